The number of aromatic nitrogens is 1. The molecule has 0 saturated heterocycles. The zero-order valence-electron chi connectivity index (χ0n) is 6.91. The highest BCUT2D eigenvalue weighted by molar-refractivity contribution is 6.08. The lowest BCUT2D eigenvalue weighted by molar-refractivity contribution is 1.06. The van der Waals surface area contributed by atoms with Crippen LogP contribution in [0.2, 0.25) is 0 Å². The second-order valence-electron chi connectivity index (χ2n) is 2.62. The zero-order valence-corrected chi connectivity index (χ0v) is 6.91. The molecule has 0 spiro atoms. The van der Waals surface area contributed by atoms with E-state index in [0.29, 0.717) is 6.32 Å². The normalized spacial score (nSPS) is 9.64. The van der Waals surface area contributed by atoms with Gasteiger partial charge in [-0.2, -0.15) is 0 Å². The van der Waals surface area contributed by atoms with Gasteiger partial charge in [-0.3, -0.25) is 0 Å². The quantitative estimate of drug-likeness (QED) is 0.574. The SMILES string of the molecule is [B]Cc1ccnc(N(C)C)c1. The second kappa shape index (κ2) is 3.42. The molecule has 1 rings (SSSR count). The Balaban J connectivity index is 2.91. The molecule has 0 N–H and O–H groups in total. The summed E-state index contributed by atoms with van der Waals surface area (Å²) in [5.74, 6) is 0.952. The Morgan fingerprint density at radius 2 is 2.27 bits per heavy atom. The first-order chi connectivity index (χ1) is 5.24. The van der Waals surface area contributed by atoms with Gasteiger partial charge in [-0.15, -0.1) is 0 Å². The van der Waals surface area contributed by atoms with Crippen molar-refractivity contribution in [3.05, 3.63) is 23.9 Å². The minimum atomic E-state index is 0.573. The van der Waals surface area contributed by atoms with Gasteiger partial charge < -0.3 is 4.90 Å². The lowest BCUT2D eigenvalue weighted by Crippen LogP contribution is -2.10. The van der Waals surface area contributed by atoms with Crippen molar-refractivity contribution in [2.45, 2.75) is 6.32 Å². The van der Waals surface area contributed by atoms with Crippen molar-refractivity contribution in [3.63, 3.8) is 0 Å². The molecular formula is C8H11BN2. The maximum atomic E-state index is 5.47. The highest BCUT2D eigenvalue weighted by Crippen LogP contribution is 2.08. The molecule has 0 aliphatic heterocycles. The van der Waals surface area contributed by atoms with Gasteiger partial charge in [-0.1, -0.05) is 11.9 Å². The summed E-state index contributed by atoms with van der Waals surface area (Å²) in [6.07, 6.45) is 2.35. The molecule has 11 heavy (non-hydrogen) atoms. The largest absolute Gasteiger partial charge is 0.363 e. The van der Waals surface area contributed by atoms with E-state index in [1.165, 1.54) is 0 Å². The van der Waals surface area contributed by atoms with Crippen LogP contribution in [0.15, 0.2) is 18.3 Å². The fraction of sp³-hybridized carbons (Fsp3) is 0.375. The predicted molar refractivity (Wildman–Crippen MR) is 48.0 cm³/mol. The monoisotopic (exact) mass is 146 g/mol. The minimum absolute atomic E-state index is 0.573. The summed E-state index contributed by atoms with van der Waals surface area (Å²) in [5, 5.41) is 0. The number of nitrogens with zero attached hydrogens (tertiary/aromatic N) is 2. The van der Waals surface area contributed by atoms with E-state index in [1.54, 1.807) is 6.20 Å². The summed E-state index contributed by atoms with van der Waals surface area (Å²) in [6, 6.07) is 3.91. The molecule has 56 valence electrons. The number of rotatable bonds is 2. The maximum Gasteiger partial charge on any atom is 0.128 e. The Bertz CT molecular complexity index is 235. The molecule has 0 bridgehead atoms. The van der Waals surface area contributed by atoms with Crippen LogP contribution in [-0.4, -0.2) is 26.9 Å². The van der Waals surface area contributed by atoms with Gasteiger partial charge >= 0.3 is 0 Å². The van der Waals surface area contributed by atoms with E-state index < -0.39 is 0 Å². The van der Waals surface area contributed by atoms with Crippen LogP contribution in [0.3, 0.4) is 0 Å². The van der Waals surface area contributed by atoms with Crippen LogP contribution in [0, 0.1) is 0 Å². The van der Waals surface area contributed by atoms with Crippen LogP contribution < -0.4 is 4.90 Å². The van der Waals surface area contributed by atoms with E-state index in [4.69, 9.17) is 7.85 Å². The number of anilines is 1. The summed E-state index contributed by atoms with van der Waals surface area (Å²) in [7, 11) is 9.39. The van der Waals surface area contributed by atoms with Gasteiger partial charge in [0.05, 0.1) is 7.85 Å². The van der Waals surface area contributed by atoms with Gasteiger partial charge in [0.25, 0.3) is 0 Å². The highest BCUT2D eigenvalue weighted by Gasteiger charge is 1.95. The van der Waals surface area contributed by atoms with Crippen LogP contribution in [0.5, 0.6) is 0 Å². The average Bonchev–Trinajstić information content (AvgIpc) is 2.05. The third-order valence-electron chi connectivity index (χ3n) is 1.50. The molecule has 0 unspecified atom stereocenters. The molecule has 2 radical (unpaired) electrons. The Morgan fingerprint density at radius 3 is 2.82 bits per heavy atom. The molecule has 0 amide bonds. The standard InChI is InChI=1S/C8H11BN2/c1-11(2)8-5-7(6-9)3-4-10-8/h3-5H,6H2,1-2H3. The van der Waals surface area contributed by atoms with Crippen molar-refractivity contribution in [1.29, 1.82) is 0 Å². The van der Waals surface area contributed by atoms with Crippen molar-refractivity contribution < 1.29 is 0 Å². The summed E-state index contributed by atoms with van der Waals surface area (Å²) in [6.45, 7) is 0. The molecular weight excluding hydrogens is 135 g/mol. The van der Waals surface area contributed by atoms with Crippen LogP contribution in [0.1, 0.15) is 5.56 Å². The Kier molecular flexibility index (Phi) is 2.52. The van der Waals surface area contributed by atoms with Gasteiger partial charge in [0.15, 0.2) is 0 Å². The Morgan fingerprint density at radius 1 is 1.55 bits per heavy atom. The van der Waals surface area contributed by atoms with Crippen LogP contribution in [0.4, 0.5) is 5.82 Å². The van der Waals surface area contributed by atoms with Crippen LogP contribution in [0.25, 0.3) is 0 Å². The first-order valence-electron chi connectivity index (χ1n) is 3.56. The Hall–Kier alpha value is -0.985. The molecule has 0 aliphatic rings. The fourth-order valence-electron chi connectivity index (χ4n) is 0.832. The molecule has 0 fully saturated rings. The maximum absolute atomic E-state index is 5.47. The zero-order chi connectivity index (χ0) is 8.27. The van der Waals surface area contributed by atoms with Crippen molar-refractivity contribution >= 4 is 13.7 Å². The predicted octanol–water partition coefficient (Wildman–Crippen LogP) is 0.816. The minimum Gasteiger partial charge on any atom is -0.363 e. The van der Waals surface area contributed by atoms with E-state index in [2.05, 4.69) is 4.98 Å². The highest BCUT2D eigenvalue weighted by atomic mass is 15.1. The summed E-state index contributed by atoms with van der Waals surface area (Å²) >= 11 is 0. The molecule has 0 aliphatic carbocycles. The molecule has 3 heteroatoms. The van der Waals surface area contributed by atoms with Crippen molar-refractivity contribution in [2.75, 3.05) is 19.0 Å². The third kappa shape index (κ3) is 1.97. The van der Waals surface area contributed by atoms with Gasteiger partial charge in [0.2, 0.25) is 0 Å². The lowest BCUT2D eigenvalue weighted by Gasteiger charge is -2.11. The van der Waals surface area contributed by atoms with Gasteiger partial charge in [-0.05, 0) is 12.1 Å². The van der Waals surface area contributed by atoms with E-state index in [9.17, 15) is 0 Å². The second-order valence-corrected chi connectivity index (χ2v) is 2.62. The molecule has 1 aromatic rings. The Labute approximate surface area is 68.7 Å². The van der Waals surface area contributed by atoms with E-state index in [-0.39, 0.29) is 0 Å². The number of hydrogen-bond acceptors (Lipinski definition) is 2. The van der Waals surface area contributed by atoms with Crippen molar-refractivity contribution in [3.8, 4) is 0 Å². The van der Waals surface area contributed by atoms with Gasteiger partial charge in [-0.25, -0.2) is 4.98 Å². The topological polar surface area (TPSA) is 16.1 Å². The van der Waals surface area contributed by atoms with E-state index in [1.807, 2.05) is 31.1 Å². The molecule has 2 nitrogen and oxygen atoms in total. The number of pyridine rings is 1. The van der Waals surface area contributed by atoms with Crippen LogP contribution in [-0.2, 0) is 6.32 Å². The third-order valence-corrected chi connectivity index (χ3v) is 1.50. The first kappa shape index (κ1) is 8.11. The molecule has 0 atom stereocenters. The first-order valence-corrected chi connectivity index (χ1v) is 3.56. The molecule has 0 saturated carbocycles. The van der Waals surface area contributed by atoms with E-state index >= 15 is 0 Å². The van der Waals surface area contributed by atoms with Crippen molar-refractivity contribution in [2.24, 2.45) is 0 Å². The van der Waals surface area contributed by atoms with Gasteiger partial charge in [0.1, 0.15) is 5.82 Å². The number of hydrogen-bond donors (Lipinski definition) is 0. The summed E-state index contributed by atoms with van der Waals surface area (Å²) in [4.78, 5) is 6.11. The van der Waals surface area contributed by atoms with E-state index in [0.717, 1.165) is 11.4 Å². The molecule has 1 aromatic heterocycles. The van der Waals surface area contributed by atoms with Gasteiger partial charge in [0, 0.05) is 20.3 Å². The lowest BCUT2D eigenvalue weighted by atomic mass is 9.98. The smallest absolute Gasteiger partial charge is 0.128 e. The van der Waals surface area contributed by atoms with Crippen molar-refractivity contribution in [1.82, 2.24) is 4.98 Å². The summed E-state index contributed by atoms with van der Waals surface area (Å²) < 4.78 is 0. The fourth-order valence-corrected chi connectivity index (χ4v) is 0.832. The average molecular weight is 146 g/mol. The van der Waals surface area contributed by atoms with Crippen LogP contribution >= 0.6 is 0 Å². The summed E-state index contributed by atoms with van der Waals surface area (Å²) in [5.41, 5.74) is 1.11. The molecule has 0 aromatic carbocycles. The molecule has 1 heterocycles.